The predicted molar refractivity (Wildman–Crippen MR) is 177 cm³/mol. The number of hydrogen-bond donors (Lipinski definition) is 3. The van der Waals surface area contributed by atoms with Crippen LogP contribution in [0.25, 0.3) is 0 Å². The van der Waals surface area contributed by atoms with Gasteiger partial charge in [-0.2, -0.15) is 8.78 Å². The van der Waals surface area contributed by atoms with Crippen molar-refractivity contribution in [3.8, 4) is 5.75 Å². The van der Waals surface area contributed by atoms with Gasteiger partial charge in [0.1, 0.15) is 25.0 Å². The quantitative estimate of drug-likeness (QED) is 0.135. The van der Waals surface area contributed by atoms with Crippen LogP contribution in [0.3, 0.4) is 0 Å². The summed E-state index contributed by atoms with van der Waals surface area (Å²) in [6, 6.07) is 27.3. The molecule has 3 aromatic carbocycles. The van der Waals surface area contributed by atoms with Gasteiger partial charge < -0.3 is 25.4 Å². The monoisotopic (exact) mass is 658 g/mol. The highest BCUT2D eigenvalue weighted by Gasteiger charge is 2.44. The van der Waals surface area contributed by atoms with Crippen molar-refractivity contribution in [1.82, 2.24) is 20.9 Å². The first kappa shape index (κ1) is 35.7. The number of benzene rings is 3. The molecule has 1 aromatic heterocycles. The van der Waals surface area contributed by atoms with E-state index in [0.717, 1.165) is 16.8 Å². The molecule has 0 radical (unpaired) electrons. The second-order valence-electron chi connectivity index (χ2n) is 11.6. The minimum absolute atomic E-state index is 0.0238. The van der Waals surface area contributed by atoms with Gasteiger partial charge in [0.15, 0.2) is 0 Å². The molecule has 4 aromatic rings. The van der Waals surface area contributed by atoms with E-state index in [9.17, 15) is 14.4 Å². The molecule has 0 aliphatic heterocycles. The number of ketones is 1. The third-order valence-electron chi connectivity index (χ3n) is 7.42. The Bertz CT molecular complexity index is 1590. The van der Waals surface area contributed by atoms with Crippen LogP contribution in [0.15, 0.2) is 109 Å². The molecule has 1 heterocycles. The Balaban J connectivity index is 1.45. The Morgan fingerprint density at radius 2 is 1.42 bits per heavy atom. The van der Waals surface area contributed by atoms with Gasteiger partial charge in [-0.05, 0) is 53.3 Å². The predicted octanol–water partition coefficient (Wildman–Crippen LogP) is 5.63. The molecular weight excluding hydrogens is 618 g/mol. The second kappa shape index (κ2) is 17.7. The molecule has 48 heavy (non-hydrogen) atoms. The molecule has 0 aliphatic rings. The first-order valence-corrected chi connectivity index (χ1v) is 15.7. The zero-order valence-corrected chi connectivity index (χ0v) is 26.9. The van der Waals surface area contributed by atoms with Gasteiger partial charge >= 0.3 is 12.0 Å². The minimum Gasteiger partial charge on any atom is -0.487 e. The standard InChI is InChI=1S/C37H40F2N4O5/c1-26(2)33(43-36(46)48-23-29-13-7-4-8-14-29)35(45)42-32(34(44)37(38,39)25-40-22-28-11-5-3-6-12-28)21-27-16-18-31(19-17-27)47-24-30-15-9-10-20-41-30/h3-20,26,32-33,40H,21-25H2,1-2H3,(H,42,45)(H,43,46)/t32?,33-/m0/s1. The number of rotatable bonds is 17. The number of pyridine rings is 1. The van der Waals surface area contributed by atoms with Gasteiger partial charge in [0.2, 0.25) is 11.7 Å². The topological polar surface area (TPSA) is 119 Å². The molecule has 2 amide bonds. The second-order valence-corrected chi connectivity index (χ2v) is 11.6. The molecule has 0 fully saturated rings. The number of amides is 2. The fourth-order valence-corrected chi connectivity index (χ4v) is 4.80. The molecule has 9 nitrogen and oxygen atoms in total. The van der Waals surface area contributed by atoms with Gasteiger partial charge in [0.25, 0.3) is 0 Å². The number of alkyl halides is 2. The summed E-state index contributed by atoms with van der Waals surface area (Å²) in [7, 11) is 0. The van der Waals surface area contributed by atoms with Crippen LogP contribution in [0.4, 0.5) is 13.6 Å². The summed E-state index contributed by atoms with van der Waals surface area (Å²) in [5, 5.41) is 7.66. The molecule has 2 atom stereocenters. The molecule has 0 spiro atoms. The van der Waals surface area contributed by atoms with E-state index >= 15 is 8.78 Å². The van der Waals surface area contributed by atoms with E-state index in [1.807, 2.05) is 24.3 Å². The first-order chi connectivity index (χ1) is 23.1. The third-order valence-corrected chi connectivity index (χ3v) is 7.42. The Hall–Kier alpha value is -5.16. The third kappa shape index (κ3) is 11.3. The first-order valence-electron chi connectivity index (χ1n) is 15.7. The number of Topliss-reactive ketones (excluding diaryl/α,β-unsaturated/α-hetero) is 1. The highest BCUT2D eigenvalue weighted by atomic mass is 19.3. The van der Waals surface area contributed by atoms with Crippen LogP contribution >= 0.6 is 0 Å². The van der Waals surface area contributed by atoms with Gasteiger partial charge in [0.05, 0.1) is 18.3 Å². The summed E-state index contributed by atoms with van der Waals surface area (Å²) >= 11 is 0. The summed E-state index contributed by atoms with van der Waals surface area (Å²) in [5.41, 5.74) is 2.78. The van der Waals surface area contributed by atoms with E-state index < -0.39 is 48.3 Å². The Morgan fingerprint density at radius 1 is 0.771 bits per heavy atom. The summed E-state index contributed by atoms with van der Waals surface area (Å²) in [4.78, 5) is 43.7. The molecule has 0 aliphatic carbocycles. The lowest BCUT2D eigenvalue weighted by atomic mass is 9.96. The lowest BCUT2D eigenvalue weighted by Gasteiger charge is -2.27. The van der Waals surface area contributed by atoms with Crippen LogP contribution in [0.5, 0.6) is 5.75 Å². The number of carbonyl (C=O) groups excluding carboxylic acids is 3. The largest absolute Gasteiger partial charge is 0.487 e. The van der Waals surface area contributed by atoms with Gasteiger partial charge in [-0.15, -0.1) is 0 Å². The van der Waals surface area contributed by atoms with E-state index in [-0.39, 0.29) is 26.2 Å². The van der Waals surface area contributed by atoms with Crippen LogP contribution in [-0.2, 0) is 40.5 Å². The fourth-order valence-electron chi connectivity index (χ4n) is 4.80. The van der Waals surface area contributed by atoms with E-state index in [1.54, 1.807) is 98.9 Å². The molecule has 11 heteroatoms. The molecular formula is C37H40F2N4O5. The smallest absolute Gasteiger partial charge is 0.408 e. The van der Waals surface area contributed by atoms with E-state index in [4.69, 9.17) is 9.47 Å². The molecule has 4 rings (SSSR count). The number of ether oxygens (including phenoxy) is 2. The number of halogens is 2. The maximum atomic E-state index is 15.4. The van der Waals surface area contributed by atoms with Crippen molar-refractivity contribution >= 4 is 17.8 Å². The van der Waals surface area contributed by atoms with Crippen molar-refractivity contribution in [1.29, 1.82) is 0 Å². The van der Waals surface area contributed by atoms with Crippen LogP contribution in [0, 0.1) is 5.92 Å². The molecule has 3 N–H and O–H groups in total. The summed E-state index contributed by atoms with van der Waals surface area (Å²) in [6.45, 7) is 2.78. The highest BCUT2D eigenvalue weighted by molar-refractivity contribution is 5.96. The number of nitrogens with zero attached hydrogens (tertiary/aromatic N) is 1. The molecule has 0 saturated heterocycles. The lowest BCUT2D eigenvalue weighted by Crippen LogP contribution is -2.57. The van der Waals surface area contributed by atoms with Gasteiger partial charge in [0, 0.05) is 12.7 Å². The van der Waals surface area contributed by atoms with Crippen LogP contribution in [0.1, 0.15) is 36.2 Å². The van der Waals surface area contributed by atoms with Gasteiger partial charge in [-0.25, -0.2) is 4.79 Å². The molecule has 0 bridgehead atoms. The fraction of sp³-hybridized carbons (Fsp3) is 0.297. The zero-order valence-electron chi connectivity index (χ0n) is 26.9. The van der Waals surface area contributed by atoms with Crippen LogP contribution in [-0.4, -0.2) is 47.3 Å². The van der Waals surface area contributed by atoms with Crippen molar-refractivity contribution in [2.75, 3.05) is 6.54 Å². The van der Waals surface area contributed by atoms with Crippen molar-refractivity contribution in [3.05, 3.63) is 132 Å². The Morgan fingerprint density at radius 3 is 2.04 bits per heavy atom. The highest BCUT2D eigenvalue weighted by Crippen LogP contribution is 2.21. The van der Waals surface area contributed by atoms with Crippen molar-refractivity contribution in [2.45, 2.75) is 58.0 Å². The number of aromatic nitrogens is 1. The minimum atomic E-state index is -3.81. The van der Waals surface area contributed by atoms with E-state index in [1.165, 1.54) is 0 Å². The van der Waals surface area contributed by atoms with E-state index in [2.05, 4.69) is 20.9 Å². The SMILES string of the molecule is CC(C)[C@H](NC(=O)OCc1ccccc1)C(=O)NC(Cc1ccc(OCc2ccccn2)cc1)C(=O)C(F)(F)CNCc1ccccc1. The van der Waals surface area contributed by atoms with E-state index in [0.29, 0.717) is 11.3 Å². The maximum Gasteiger partial charge on any atom is 0.408 e. The number of nitrogens with one attached hydrogen (secondary N) is 3. The van der Waals surface area contributed by atoms with Crippen LogP contribution < -0.4 is 20.7 Å². The zero-order chi connectivity index (χ0) is 34.4. The Labute approximate surface area is 279 Å². The summed E-state index contributed by atoms with van der Waals surface area (Å²) in [5.74, 6) is -5.99. The summed E-state index contributed by atoms with van der Waals surface area (Å²) < 4.78 is 41.8. The number of alkyl carbamates (subject to hydrolysis) is 1. The maximum absolute atomic E-state index is 15.4. The van der Waals surface area contributed by atoms with Crippen LogP contribution in [0.2, 0.25) is 0 Å². The lowest BCUT2D eigenvalue weighted by molar-refractivity contribution is -0.146. The molecule has 1 unspecified atom stereocenters. The van der Waals surface area contributed by atoms with Gasteiger partial charge in [-0.1, -0.05) is 92.7 Å². The average Bonchev–Trinajstić information content (AvgIpc) is 3.10. The number of hydrogen-bond acceptors (Lipinski definition) is 7. The molecule has 0 saturated carbocycles. The van der Waals surface area contributed by atoms with Crippen molar-refractivity contribution in [3.63, 3.8) is 0 Å². The van der Waals surface area contributed by atoms with Crippen molar-refractivity contribution < 1.29 is 32.6 Å². The molecule has 252 valence electrons. The summed E-state index contributed by atoms with van der Waals surface area (Å²) in [6.07, 6.45) is 0.586. The number of carbonyl (C=O) groups is 3. The Kier molecular flexibility index (Phi) is 13.1. The van der Waals surface area contributed by atoms with Gasteiger partial charge in [-0.3, -0.25) is 14.6 Å². The average molecular weight is 659 g/mol. The van der Waals surface area contributed by atoms with Crippen molar-refractivity contribution in [2.24, 2.45) is 5.92 Å². The normalized spacial score (nSPS) is 12.5.